The van der Waals surface area contributed by atoms with Gasteiger partial charge in [-0.2, -0.15) is 0 Å². The molecule has 0 aliphatic heterocycles. The third-order valence-electron chi connectivity index (χ3n) is 3.36. The maximum absolute atomic E-state index is 11.1. The highest BCUT2D eigenvalue weighted by Crippen LogP contribution is 2.09. The molecular weight excluding hydrogens is 272 g/mol. The molecule has 0 fully saturated rings. The summed E-state index contributed by atoms with van der Waals surface area (Å²) in [5.41, 5.74) is 15.3. The van der Waals surface area contributed by atoms with Crippen LogP contribution in [0.2, 0.25) is 0 Å². The summed E-state index contributed by atoms with van der Waals surface area (Å²) in [6, 6.07) is 16.1. The maximum Gasteiger partial charge on any atom is 0.160 e. The molecule has 4 N–H and O–H groups in total. The van der Waals surface area contributed by atoms with E-state index in [1.807, 2.05) is 24.3 Å². The Bertz CT molecular complexity index is 576. The molecule has 0 bridgehead atoms. The number of aryl methyl sites for hydroxylation is 1. The largest absolute Gasteiger partial charge is 0.330 e. The summed E-state index contributed by atoms with van der Waals surface area (Å²) in [5.74, 6) is 0.110. The molecule has 0 aliphatic rings. The molecule has 0 spiro atoms. The van der Waals surface area contributed by atoms with Crippen LogP contribution in [0.15, 0.2) is 48.5 Å². The van der Waals surface area contributed by atoms with Gasteiger partial charge in [-0.15, -0.1) is 0 Å². The van der Waals surface area contributed by atoms with Crippen molar-refractivity contribution in [3.63, 3.8) is 0 Å². The number of carbonyl (C=O) groups excluding carboxylic acids is 1. The molecule has 118 valence electrons. The number of Topliss-reactive ketones (excluding diaryl/α,β-unsaturated/α-hetero) is 1. The maximum atomic E-state index is 11.1. The molecule has 3 nitrogen and oxygen atoms in total. The molecule has 0 aromatic heterocycles. The van der Waals surface area contributed by atoms with Gasteiger partial charge in [0, 0.05) is 5.56 Å². The van der Waals surface area contributed by atoms with Crippen LogP contribution in [0.5, 0.6) is 0 Å². The van der Waals surface area contributed by atoms with Gasteiger partial charge in [0.2, 0.25) is 0 Å². The Balaban J connectivity index is 0.000000224. The Morgan fingerprint density at radius 1 is 0.909 bits per heavy atom. The van der Waals surface area contributed by atoms with Gasteiger partial charge in [0.1, 0.15) is 0 Å². The number of ketones is 1. The quantitative estimate of drug-likeness (QED) is 0.834. The topological polar surface area (TPSA) is 69.1 Å². The third kappa shape index (κ3) is 6.20. The van der Waals surface area contributed by atoms with Crippen LogP contribution in [0.3, 0.4) is 0 Å². The summed E-state index contributed by atoms with van der Waals surface area (Å²) < 4.78 is 0. The predicted molar refractivity (Wildman–Crippen MR) is 93.1 cm³/mol. The first kappa shape index (κ1) is 18.1. The van der Waals surface area contributed by atoms with E-state index in [1.54, 1.807) is 6.92 Å². The Morgan fingerprint density at radius 3 is 2.05 bits per heavy atom. The molecule has 0 saturated carbocycles. The number of benzene rings is 2. The fourth-order valence-corrected chi connectivity index (χ4v) is 2.16. The van der Waals surface area contributed by atoms with Crippen LogP contribution >= 0.6 is 0 Å². The lowest BCUT2D eigenvalue weighted by molar-refractivity contribution is 0.101. The van der Waals surface area contributed by atoms with Crippen molar-refractivity contribution in [2.24, 2.45) is 11.5 Å². The second-order valence-electron chi connectivity index (χ2n) is 5.28. The molecule has 0 aliphatic carbocycles. The second kappa shape index (κ2) is 9.87. The lowest BCUT2D eigenvalue weighted by Gasteiger charge is -2.03. The molecule has 2 aromatic rings. The van der Waals surface area contributed by atoms with E-state index >= 15 is 0 Å². The van der Waals surface area contributed by atoms with Gasteiger partial charge in [0.25, 0.3) is 0 Å². The Morgan fingerprint density at radius 2 is 1.50 bits per heavy atom. The van der Waals surface area contributed by atoms with Crippen molar-refractivity contribution >= 4 is 5.78 Å². The van der Waals surface area contributed by atoms with Crippen molar-refractivity contribution < 1.29 is 4.79 Å². The summed E-state index contributed by atoms with van der Waals surface area (Å²) in [6.07, 6.45) is 1.76. The van der Waals surface area contributed by atoms with Gasteiger partial charge in [-0.1, -0.05) is 54.1 Å². The van der Waals surface area contributed by atoms with Crippen LogP contribution in [0.1, 0.15) is 34.0 Å². The molecule has 0 atom stereocenters. The van der Waals surface area contributed by atoms with E-state index in [4.69, 9.17) is 11.5 Å². The molecule has 0 amide bonds. The average Bonchev–Trinajstić information content (AvgIpc) is 2.51. The summed E-state index contributed by atoms with van der Waals surface area (Å²) in [6.45, 7) is 4.99. The SMILES string of the molecule is CC(=O)c1ccccc1CCN.Cc1ccc(CCN)cc1. The van der Waals surface area contributed by atoms with Gasteiger partial charge in [0.05, 0.1) is 0 Å². The van der Waals surface area contributed by atoms with E-state index in [1.165, 1.54) is 11.1 Å². The Kier molecular flexibility index (Phi) is 8.11. The van der Waals surface area contributed by atoms with Gasteiger partial charge in [-0.25, -0.2) is 0 Å². The number of rotatable bonds is 5. The zero-order valence-corrected chi connectivity index (χ0v) is 13.5. The standard InChI is InChI=1S/C10H13NO.C9H13N/c1-8(12)10-5-3-2-4-9(10)6-7-11;1-8-2-4-9(5-3-8)6-7-10/h2-5H,6-7,11H2,1H3;2-5H,6-7,10H2,1H3. The summed E-state index contributed by atoms with van der Waals surface area (Å²) >= 11 is 0. The molecule has 0 heterocycles. The zero-order chi connectivity index (χ0) is 16.4. The first-order valence-electron chi connectivity index (χ1n) is 7.63. The Labute approximate surface area is 133 Å². The number of carbonyl (C=O) groups is 1. The number of hydrogen-bond acceptors (Lipinski definition) is 3. The first-order chi connectivity index (χ1) is 10.6. The van der Waals surface area contributed by atoms with Gasteiger partial charge in [-0.05, 0) is 50.9 Å². The molecule has 0 radical (unpaired) electrons. The van der Waals surface area contributed by atoms with Crippen LogP contribution in [0.25, 0.3) is 0 Å². The van der Waals surface area contributed by atoms with Crippen molar-refractivity contribution in [2.45, 2.75) is 26.7 Å². The molecule has 3 heteroatoms. The fourth-order valence-electron chi connectivity index (χ4n) is 2.16. The summed E-state index contributed by atoms with van der Waals surface area (Å²) in [7, 11) is 0. The van der Waals surface area contributed by atoms with Crippen LogP contribution in [-0.2, 0) is 12.8 Å². The minimum absolute atomic E-state index is 0.110. The molecule has 0 unspecified atom stereocenters. The van der Waals surface area contributed by atoms with E-state index < -0.39 is 0 Å². The second-order valence-corrected chi connectivity index (χ2v) is 5.28. The van der Waals surface area contributed by atoms with Crippen molar-refractivity contribution in [3.05, 3.63) is 70.8 Å². The fraction of sp³-hybridized carbons (Fsp3) is 0.316. The van der Waals surface area contributed by atoms with Gasteiger partial charge < -0.3 is 11.5 Å². The van der Waals surface area contributed by atoms with E-state index in [-0.39, 0.29) is 5.78 Å². The lowest BCUT2D eigenvalue weighted by Crippen LogP contribution is -2.07. The summed E-state index contributed by atoms with van der Waals surface area (Å²) in [5, 5.41) is 0. The van der Waals surface area contributed by atoms with Crippen molar-refractivity contribution in [1.82, 2.24) is 0 Å². The normalized spacial score (nSPS) is 9.82. The third-order valence-corrected chi connectivity index (χ3v) is 3.36. The first-order valence-corrected chi connectivity index (χ1v) is 7.63. The van der Waals surface area contributed by atoms with Crippen molar-refractivity contribution in [2.75, 3.05) is 13.1 Å². The van der Waals surface area contributed by atoms with Crippen LogP contribution in [-0.4, -0.2) is 18.9 Å². The van der Waals surface area contributed by atoms with Gasteiger partial charge >= 0.3 is 0 Å². The summed E-state index contributed by atoms with van der Waals surface area (Å²) in [4.78, 5) is 11.1. The molecule has 2 aromatic carbocycles. The van der Waals surface area contributed by atoms with E-state index in [0.29, 0.717) is 6.54 Å². The molecular formula is C19H26N2O. The Hall–Kier alpha value is -1.97. The van der Waals surface area contributed by atoms with E-state index in [2.05, 4.69) is 31.2 Å². The monoisotopic (exact) mass is 298 g/mol. The smallest absolute Gasteiger partial charge is 0.160 e. The highest BCUT2D eigenvalue weighted by atomic mass is 16.1. The number of nitrogens with two attached hydrogens (primary N) is 2. The molecule has 0 saturated heterocycles. The van der Waals surface area contributed by atoms with Crippen molar-refractivity contribution in [1.29, 1.82) is 0 Å². The van der Waals surface area contributed by atoms with Crippen LogP contribution < -0.4 is 11.5 Å². The predicted octanol–water partition coefficient (Wildman–Crippen LogP) is 2.89. The van der Waals surface area contributed by atoms with E-state index in [9.17, 15) is 4.79 Å². The minimum atomic E-state index is 0.110. The van der Waals surface area contributed by atoms with Crippen LogP contribution in [0.4, 0.5) is 0 Å². The number of hydrogen-bond donors (Lipinski definition) is 2. The molecule has 22 heavy (non-hydrogen) atoms. The average molecular weight is 298 g/mol. The van der Waals surface area contributed by atoms with Gasteiger partial charge in [-0.3, -0.25) is 4.79 Å². The van der Waals surface area contributed by atoms with Gasteiger partial charge in [0.15, 0.2) is 5.78 Å². The zero-order valence-electron chi connectivity index (χ0n) is 13.5. The highest BCUT2D eigenvalue weighted by molar-refractivity contribution is 5.95. The van der Waals surface area contributed by atoms with Crippen molar-refractivity contribution in [3.8, 4) is 0 Å². The highest BCUT2D eigenvalue weighted by Gasteiger charge is 2.03. The van der Waals surface area contributed by atoms with E-state index in [0.717, 1.165) is 30.5 Å². The molecule has 2 rings (SSSR count). The van der Waals surface area contributed by atoms with Crippen LogP contribution in [0, 0.1) is 6.92 Å². The minimum Gasteiger partial charge on any atom is -0.330 e. The lowest BCUT2D eigenvalue weighted by atomic mass is 10.0.